The molecule has 1 N–H and O–H groups in total. The van der Waals surface area contributed by atoms with Gasteiger partial charge in [0, 0.05) is 30.5 Å². The van der Waals surface area contributed by atoms with Crippen LogP contribution in [0.2, 0.25) is 0 Å². The van der Waals surface area contributed by atoms with Gasteiger partial charge in [0.1, 0.15) is 31.1 Å². The number of aromatic nitrogens is 1. The van der Waals surface area contributed by atoms with Crippen molar-refractivity contribution in [3.63, 3.8) is 0 Å². The molecule has 0 saturated heterocycles. The maximum atomic E-state index is 12.3. The van der Waals surface area contributed by atoms with Gasteiger partial charge < -0.3 is 23.5 Å². The standard InChI is InChI=1S/C28H37N3O6/c1-6-19(4)27(32)35-16-15-34-22-10-12-24-25(18-22)37-26(29-24)13-14-36-28(33)30-23-11-9-21(17-20(23)5)31(7-2)8-3/h9-12,17-19H,6-8,13-16H2,1-5H3,(H,30,33). The first-order chi connectivity index (χ1) is 17.8. The molecule has 3 rings (SSSR count). The third-order valence-corrected chi connectivity index (χ3v) is 6.14. The van der Waals surface area contributed by atoms with Crippen molar-refractivity contribution in [1.82, 2.24) is 4.98 Å². The van der Waals surface area contributed by atoms with Crippen molar-refractivity contribution in [2.24, 2.45) is 5.92 Å². The molecule has 0 aliphatic carbocycles. The van der Waals surface area contributed by atoms with E-state index >= 15 is 0 Å². The lowest BCUT2D eigenvalue weighted by Crippen LogP contribution is -2.22. The number of nitrogens with zero attached hydrogens (tertiary/aromatic N) is 2. The molecule has 9 heteroatoms. The van der Waals surface area contributed by atoms with E-state index in [9.17, 15) is 9.59 Å². The average Bonchev–Trinajstić information content (AvgIpc) is 3.30. The van der Waals surface area contributed by atoms with E-state index in [4.69, 9.17) is 18.6 Å². The van der Waals surface area contributed by atoms with Crippen molar-refractivity contribution in [3.8, 4) is 5.75 Å². The summed E-state index contributed by atoms with van der Waals surface area (Å²) in [4.78, 5) is 30.7. The van der Waals surface area contributed by atoms with Gasteiger partial charge in [0.2, 0.25) is 0 Å². The second-order valence-corrected chi connectivity index (χ2v) is 8.74. The molecular weight excluding hydrogens is 474 g/mol. The number of nitrogens with one attached hydrogen (secondary N) is 1. The van der Waals surface area contributed by atoms with Gasteiger partial charge in [-0.25, -0.2) is 9.78 Å². The number of fused-ring (bicyclic) bond motifs is 1. The molecule has 200 valence electrons. The Bertz CT molecular complexity index is 1190. The van der Waals surface area contributed by atoms with E-state index in [-0.39, 0.29) is 31.7 Å². The maximum absolute atomic E-state index is 12.3. The van der Waals surface area contributed by atoms with Gasteiger partial charge in [-0.1, -0.05) is 13.8 Å². The number of oxazole rings is 1. The molecule has 2 aromatic carbocycles. The van der Waals surface area contributed by atoms with Gasteiger partial charge in [0.25, 0.3) is 0 Å². The summed E-state index contributed by atoms with van der Waals surface area (Å²) in [6.45, 7) is 12.4. The molecule has 0 bridgehead atoms. The zero-order valence-electron chi connectivity index (χ0n) is 22.3. The minimum Gasteiger partial charge on any atom is -0.490 e. The molecule has 0 aliphatic rings. The van der Waals surface area contributed by atoms with E-state index in [0.717, 1.165) is 30.8 Å². The van der Waals surface area contributed by atoms with Crippen molar-refractivity contribution in [1.29, 1.82) is 0 Å². The van der Waals surface area contributed by atoms with Crippen LogP contribution in [0.3, 0.4) is 0 Å². The first-order valence-electron chi connectivity index (χ1n) is 12.8. The molecule has 1 aromatic heterocycles. The fraction of sp³-hybridized carbons (Fsp3) is 0.464. The number of ether oxygens (including phenoxy) is 3. The summed E-state index contributed by atoms with van der Waals surface area (Å²) in [7, 11) is 0. The summed E-state index contributed by atoms with van der Waals surface area (Å²) in [6.07, 6.45) is 0.549. The third-order valence-electron chi connectivity index (χ3n) is 6.14. The predicted octanol–water partition coefficient (Wildman–Crippen LogP) is 5.74. The summed E-state index contributed by atoms with van der Waals surface area (Å²) >= 11 is 0. The summed E-state index contributed by atoms with van der Waals surface area (Å²) in [5.41, 5.74) is 4.05. The number of amides is 1. The van der Waals surface area contributed by atoms with Crippen LogP contribution in [0, 0.1) is 12.8 Å². The smallest absolute Gasteiger partial charge is 0.411 e. The van der Waals surface area contributed by atoms with Crippen LogP contribution in [0.1, 0.15) is 45.6 Å². The summed E-state index contributed by atoms with van der Waals surface area (Å²) < 4.78 is 22.0. The zero-order valence-corrected chi connectivity index (χ0v) is 22.3. The van der Waals surface area contributed by atoms with Crippen LogP contribution < -0.4 is 15.0 Å². The number of hydrogen-bond donors (Lipinski definition) is 1. The highest BCUT2D eigenvalue weighted by Crippen LogP contribution is 2.24. The van der Waals surface area contributed by atoms with E-state index in [0.29, 0.717) is 34.8 Å². The Balaban J connectivity index is 1.45. The normalized spacial score (nSPS) is 11.7. The van der Waals surface area contributed by atoms with Gasteiger partial charge in [0.05, 0.1) is 12.3 Å². The highest BCUT2D eigenvalue weighted by molar-refractivity contribution is 5.86. The molecule has 9 nitrogen and oxygen atoms in total. The van der Waals surface area contributed by atoms with E-state index in [1.54, 1.807) is 18.2 Å². The van der Waals surface area contributed by atoms with E-state index in [2.05, 4.69) is 35.1 Å². The lowest BCUT2D eigenvalue weighted by molar-refractivity contribution is -0.148. The Morgan fingerprint density at radius 2 is 1.81 bits per heavy atom. The fourth-order valence-electron chi connectivity index (χ4n) is 3.71. The Morgan fingerprint density at radius 1 is 1.03 bits per heavy atom. The minimum absolute atomic E-state index is 0.118. The first-order valence-corrected chi connectivity index (χ1v) is 12.8. The van der Waals surface area contributed by atoms with Crippen LogP contribution in [-0.2, 0) is 20.7 Å². The number of carbonyl (C=O) groups is 2. The third kappa shape index (κ3) is 7.87. The largest absolute Gasteiger partial charge is 0.490 e. The average molecular weight is 512 g/mol. The van der Waals surface area contributed by atoms with Crippen molar-refractivity contribution in [2.75, 3.05) is 43.1 Å². The lowest BCUT2D eigenvalue weighted by Gasteiger charge is -2.22. The highest BCUT2D eigenvalue weighted by Gasteiger charge is 2.13. The number of hydrogen-bond acceptors (Lipinski definition) is 8. The Labute approximate surface area is 218 Å². The molecule has 1 atom stereocenters. The van der Waals surface area contributed by atoms with Crippen LogP contribution in [0.5, 0.6) is 5.75 Å². The Hall–Kier alpha value is -3.75. The second-order valence-electron chi connectivity index (χ2n) is 8.74. The van der Waals surface area contributed by atoms with Crippen molar-refractivity contribution in [2.45, 2.75) is 47.5 Å². The molecule has 1 unspecified atom stereocenters. The molecule has 37 heavy (non-hydrogen) atoms. The van der Waals surface area contributed by atoms with Gasteiger partial charge in [-0.3, -0.25) is 10.1 Å². The van der Waals surface area contributed by atoms with Crippen molar-refractivity contribution >= 4 is 34.5 Å². The highest BCUT2D eigenvalue weighted by atomic mass is 16.6. The number of rotatable bonds is 13. The van der Waals surface area contributed by atoms with Crippen LogP contribution in [0.4, 0.5) is 16.2 Å². The van der Waals surface area contributed by atoms with E-state index in [1.165, 1.54) is 0 Å². The predicted molar refractivity (Wildman–Crippen MR) is 143 cm³/mol. The van der Waals surface area contributed by atoms with Crippen LogP contribution in [-0.4, -0.2) is 50.0 Å². The topological polar surface area (TPSA) is 103 Å². The van der Waals surface area contributed by atoms with E-state index in [1.807, 2.05) is 32.9 Å². The molecule has 1 heterocycles. The molecule has 0 radical (unpaired) electrons. The summed E-state index contributed by atoms with van der Waals surface area (Å²) in [5.74, 6) is 0.711. The first kappa shape index (κ1) is 27.8. The SMILES string of the molecule is CCC(C)C(=O)OCCOc1ccc2nc(CCOC(=O)Nc3ccc(N(CC)CC)cc3C)oc2c1. The van der Waals surface area contributed by atoms with E-state index < -0.39 is 6.09 Å². The lowest BCUT2D eigenvalue weighted by atomic mass is 10.1. The monoisotopic (exact) mass is 511 g/mol. The zero-order chi connectivity index (χ0) is 26.8. The van der Waals surface area contributed by atoms with Gasteiger partial charge in [-0.15, -0.1) is 0 Å². The molecule has 0 saturated carbocycles. The molecule has 0 fully saturated rings. The van der Waals surface area contributed by atoms with Crippen molar-refractivity contribution < 1.29 is 28.2 Å². The number of carbonyl (C=O) groups excluding carboxylic acids is 2. The molecule has 0 aliphatic heterocycles. The van der Waals surface area contributed by atoms with Crippen molar-refractivity contribution in [3.05, 3.63) is 47.9 Å². The van der Waals surface area contributed by atoms with Gasteiger partial charge in [0.15, 0.2) is 11.5 Å². The van der Waals surface area contributed by atoms with Gasteiger partial charge in [-0.05, 0) is 63.1 Å². The number of benzene rings is 2. The quantitative estimate of drug-likeness (QED) is 0.229. The number of aryl methyl sites for hydroxylation is 1. The Kier molecular flexibility index (Phi) is 10.2. The molecule has 3 aromatic rings. The number of anilines is 2. The van der Waals surface area contributed by atoms with Crippen LogP contribution >= 0.6 is 0 Å². The van der Waals surface area contributed by atoms with Gasteiger partial charge >= 0.3 is 12.1 Å². The summed E-state index contributed by atoms with van der Waals surface area (Å²) in [6, 6.07) is 11.2. The molecule has 1 amide bonds. The molecular formula is C28H37N3O6. The number of esters is 1. The molecule has 0 spiro atoms. The Morgan fingerprint density at radius 3 is 2.51 bits per heavy atom. The van der Waals surface area contributed by atoms with Crippen LogP contribution in [0.15, 0.2) is 40.8 Å². The maximum Gasteiger partial charge on any atom is 0.411 e. The fourth-order valence-corrected chi connectivity index (χ4v) is 3.71. The van der Waals surface area contributed by atoms with Gasteiger partial charge in [-0.2, -0.15) is 0 Å². The summed E-state index contributed by atoms with van der Waals surface area (Å²) in [5, 5.41) is 2.79. The minimum atomic E-state index is -0.528. The van der Waals surface area contributed by atoms with Crippen LogP contribution in [0.25, 0.3) is 11.1 Å². The second kappa shape index (κ2) is 13.5.